The number of nitrogens with two attached hydrogens (primary N) is 1. The fourth-order valence-electron chi connectivity index (χ4n) is 2.32. The van der Waals surface area contributed by atoms with Crippen LogP contribution in [0.4, 0.5) is 0 Å². The maximum absolute atomic E-state index is 6.14. The van der Waals surface area contributed by atoms with E-state index in [9.17, 15) is 0 Å². The van der Waals surface area contributed by atoms with Crippen molar-refractivity contribution in [2.75, 3.05) is 0 Å². The minimum absolute atomic E-state index is 0.00131. The van der Waals surface area contributed by atoms with E-state index < -0.39 is 0 Å². The summed E-state index contributed by atoms with van der Waals surface area (Å²) in [6.45, 7) is 10.7. The van der Waals surface area contributed by atoms with Crippen LogP contribution in [-0.4, -0.2) is 12.1 Å². The molecule has 0 aliphatic carbocycles. The Morgan fingerprint density at radius 3 is 2.33 bits per heavy atom. The SMILES string of the molecule is Cc1cccc(C(OC(C)CC(C)C)C(C)N)c1. The van der Waals surface area contributed by atoms with E-state index in [1.165, 1.54) is 11.1 Å². The molecule has 0 bridgehead atoms. The molecular weight excluding hydrogens is 222 g/mol. The summed E-state index contributed by atoms with van der Waals surface area (Å²) in [6.07, 6.45) is 1.29. The van der Waals surface area contributed by atoms with Crippen molar-refractivity contribution in [3.05, 3.63) is 35.4 Å². The lowest BCUT2D eigenvalue weighted by Crippen LogP contribution is -2.30. The molecule has 0 fully saturated rings. The molecule has 0 amide bonds. The molecule has 0 aliphatic heterocycles. The molecule has 0 radical (unpaired) electrons. The molecule has 0 aromatic heterocycles. The number of aryl methyl sites for hydroxylation is 1. The van der Waals surface area contributed by atoms with Crippen molar-refractivity contribution in [2.45, 2.75) is 59.3 Å². The van der Waals surface area contributed by atoms with Crippen LogP contribution < -0.4 is 5.73 Å². The second-order valence-electron chi connectivity index (χ2n) is 5.77. The maximum atomic E-state index is 6.14. The highest BCUT2D eigenvalue weighted by Crippen LogP contribution is 2.24. The van der Waals surface area contributed by atoms with E-state index in [2.05, 4.69) is 52.0 Å². The van der Waals surface area contributed by atoms with Crippen LogP contribution >= 0.6 is 0 Å². The summed E-state index contributed by atoms with van der Waals surface area (Å²) in [4.78, 5) is 0. The van der Waals surface area contributed by atoms with Crippen LogP contribution in [0.3, 0.4) is 0 Å². The van der Waals surface area contributed by atoms with Crippen molar-refractivity contribution in [3.8, 4) is 0 Å². The zero-order chi connectivity index (χ0) is 13.7. The molecule has 0 saturated heterocycles. The van der Waals surface area contributed by atoms with Crippen molar-refractivity contribution in [3.63, 3.8) is 0 Å². The summed E-state index contributed by atoms with van der Waals surface area (Å²) in [7, 11) is 0. The lowest BCUT2D eigenvalue weighted by molar-refractivity contribution is -0.0237. The molecule has 3 atom stereocenters. The number of hydrogen-bond donors (Lipinski definition) is 1. The highest BCUT2D eigenvalue weighted by molar-refractivity contribution is 5.25. The monoisotopic (exact) mass is 249 g/mol. The van der Waals surface area contributed by atoms with Crippen LogP contribution in [0.5, 0.6) is 0 Å². The van der Waals surface area contributed by atoms with Gasteiger partial charge in [0.15, 0.2) is 0 Å². The minimum Gasteiger partial charge on any atom is -0.369 e. The Morgan fingerprint density at radius 1 is 1.17 bits per heavy atom. The molecule has 0 aliphatic rings. The van der Waals surface area contributed by atoms with Crippen LogP contribution in [-0.2, 0) is 4.74 Å². The van der Waals surface area contributed by atoms with Gasteiger partial charge in [0.25, 0.3) is 0 Å². The van der Waals surface area contributed by atoms with Gasteiger partial charge in [-0.05, 0) is 38.7 Å². The first-order valence-corrected chi connectivity index (χ1v) is 6.87. The Hall–Kier alpha value is -0.860. The van der Waals surface area contributed by atoms with Crippen LogP contribution in [0.1, 0.15) is 51.3 Å². The van der Waals surface area contributed by atoms with Gasteiger partial charge in [0.1, 0.15) is 0 Å². The zero-order valence-electron chi connectivity index (χ0n) is 12.3. The Balaban J connectivity index is 2.77. The smallest absolute Gasteiger partial charge is 0.0976 e. The van der Waals surface area contributed by atoms with Crippen molar-refractivity contribution in [1.82, 2.24) is 0 Å². The Labute approximate surface area is 112 Å². The van der Waals surface area contributed by atoms with Crippen LogP contribution in [0.15, 0.2) is 24.3 Å². The summed E-state index contributed by atoms with van der Waals surface area (Å²) in [5.41, 5.74) is 8.50. The predicted molar refractivity (Wildman–Crippen MR) is 77.6 cm³/mol. The lowest BCUT2D eigenvalue weighted by Gasteiger charge is -2.27. The molecule has 18 heavy (non-hydrogen) atoms. The van der Waals surface area contributed by atoms with Gasteiger partial charge < -0.3 is 10.5 Å². The first-order valence-electron chi connectivity index (χ1n) is 6.87. The third kappa shape index (κ3) is 4.79. The molecule has 0 spiro atoms. The zero-order valence-corrected chi connectivity index (χ0v) is 12.3. The van der Waals surface area contributed by atoms with Gasteiger partial charge in [0, 0.05) is 6.04 Å². The van der Waals surface area contributed by atoms with Gasteiger partial charge in [0.05, 0.1) is 12.2 Å². The Bertz CT molecular complexity index is 360. The third-order valence-electron chi connectivity index (χ3n) is 3.03. The summed E-state index contributed by atoms with van der Waals surface area (Å²) in [5, 5.41) is 0. The topological polar surface area (TPSA) is 35.2 Å². The minimum atomic E-state index is -0.0151. The van der Waals surface area contributed by atoms with E-state index in [-0.39, 0.29) is 18.2 Å². The summed E-state index contributed by atoms with van der Waals surface area (Å²) >= 11 is 0. The molecular formula is C16H27NO. The van der Waals surface area contributed by atoms with E-state index in [0.29, 0.717) is 5.92 Å². The van der Waals surface area contributed by atoms with E-state index in [1.54, 1.807) is 0 Å². The van der Waals surface area contributed by atoms with Crippen molar-refractivity contribution in [1.29, 1.82) is 0 Å². The normalized spacial score (nSPS) is 16.6. The number of ether oxygens (including phenoxy) is 1. The van der Waals surface area contributed by atoms with E-state index in [4.69, 9.17) is 10.5 Å². The van der Waals surface area contributed by atoms with Crippen LogP contribution in [0.25, 0.3) is 0 Å². The molecule has 1 aromatic rings. The Morgan fingerprint density at radius 2 is 1.83 bits per heavy atom. The van der Waals surface area contributed by atoms with Crippen molar-refractivity contribution >= 4 is 0 Å². The molecule has 3 unspecified atom stereocenters. The highest BCUT2D eigenvalue weighted by atomic mass is 16.5. The second-order valence-corrected chi connectivity index (χ2v) is 5.77. The highest BCUT2D eigenvalue weighted by Gasteiger charge is 2.20. The summed E-state index contributed by atoms with van der Waals surface area (Å²) in [5.74, 6) is 0.645. The molecule has 1 rings (SSSR count). The van der Waals surface area contributed by atoms with Gasteiger partial charge in [-0.3, -0.25) is 0 Å². The fraction of sp³-hybridized carbons (Fsp3) is 0.625. The first kappa shape index (κ1) is 15.2. The van der Waals surface area contributed by atoms with Gasteiger partial charge in [-0.1, -0.05) is 43.7 Å². The number of rotatable bonds is 6. The maximum Gasteiger partial charge on any atom is 0.0976 e. The lowest BCUT2D eigenvalue weighted by atomic mass is 10.0. The first-order chi connectivity index (χ1) is 8.40. The molecule has 2 N–H and O–H groups in total. The molecule has 2 nitrogen and oxygen atoms in total. The fourth-order valence-corrected chi connectivity index (χ4v) is 2.32. The van der Waals surface area contributed by atoms with Crippen LogP contribution in [0.2, 0.25) is 0 Å². The molecule has 0 heterocycles. The number of benzene rings is 1. The Kier molecular flexibility index (Phi) is 5.83. The van der Waals surface area contributed by atoms with E-state index in [0.717, 1.165) is 6.42 Å². The van der Waals surface area contributed by atoms with E-state index in [1.807, 2.05) is 6.92 Å². The molecule has 0 saturated carbocycles. The molecule has 1 aromatic carbocycles. The van der Waals surface area contributed by atoms with Crippen molar-refractivity contribution in [2.24, 2.45) is 11.7 Å². The average Bonchev–Trinajstić information content (AvgIpc) is 2.24. The third-order valence-corrected chi connectivity index (χ3v) is 3.03. The second kappa shape index (κ2) is 6.91. The van der Waals surface area contributed by atoms with Gasteiger partial charge >= 0.3 is 0 Å². The van der Waals surface area contributed by atoms with Gasteiger partial charge in [0.2, 0.25) is 0 Å². The van der Waals surface area contributed by atoms with Gasteiger partial charge in [-0.15, -0.1) is 0 Å². The van der Waals surface area contributed by atoms with E-state index >= 15 is 0 Å². The quantitative estimate of drug-likeness (QED) is 0.831. The van der Waals surface area contributed by atoms with Crippen LogP contribution in [0, 0.1) is 12.8 Å². The van der Waals surface area contributed by atoms with Gasteiger partial charge in [-0.25, -0.2) is 0 Å². The summed E-state index contributed by atoms with van der Waals surface area (Å²) < 4.78 is 6.14. The summed E-state index contributed by atoms with van der Waals surface area (Å²) in [6, 6.07) is 8.43. The van der Waals surface area contributed by atoms with Gasteiger partial charge in [-0.2, -0.15) is 0 Å². The molecule has 2 heteroatoms. The standard InChI is InChI=1S/C16H27NO/c1-11(2)9-13(4)18-16(14(5)17)15-8-6-7-12(3)10-15/h6-8,10-11,13-14,16H,9,17H2,1-5H3. The predicted octanol–water partition coefficient (Wildman–Crippen LogP) is 3.83. The number of hydrogen-bond acceptors (Lipinski definition) is 2. The van der Waals surface area contributed by atoms with Crippen molar-refractivity contribution < 1.29 is 4.74 Å². The molecule has 102 valence electrons. The average molecular weight is 249 g/mol. The largest absolute Gasteiger partial charge is 0.369 e.